The number of benzene rings is 1. The first kappa shape index (κ1) is 24.3. The standard InChI is InChI=1S/C24H20F3N5O2S2/c1-14-30-20(15-5-4-6-16(11-15)24(25,26)27)21(36-14)23(34)32-9-10-35-19(32)13-29-22(33)17-12-28-18-7-2-3-8-31(17)18/h2-8,11-12,19H,9-10,13H2,1H3,(H,29,33). The third kappa shape index (κ3) is 4.70. The molecule has 1 aromatic carbocycles. The van der Waals surface area contributed by atoms with Gasteiger partial charge >= 0.3 is 6.18 Å². The van der Waals surface area contributed by atoms with Crippen LogP contribution in [-0.4, -0.2) is 55.3 Å². The lowest BCUT2D eigenvalue weighted by atomic mass is 10.1. The summed E-state index contributed by atoms with van der Waals surface area (Å²) in [6, 6.07) is 10.3. The molecule has 2 amide bonds. The number of nitrogens with one attached hydrogen (secondary N) is 1. The van der Waals surface area contributed by atoms with Crippen molar-refractivity contribution in [2.24, 2.45) is 0 Å². The van der Waals surface area contributed by atoms with E-state index in [1.54, 1.807) is 34.6 Å². The number of fused-ring (bicyclic) bond motifs is 1. The topological polar surface area (TPSA) is 79.6 Å². The number of thiazole rings is 1. The Morgan fingerprint density at radius 1 is 1.19 bits per heavy atom. The summed E-state index contributed by atoms with van der Waals surface area (Å²) < 4.78 is 41.4. The smallest absolute Gasteiger partial charge is 0.348 e. The Labute approximate surface area is 212 Å². The number of halogens is 3. The predicted molar refractivity (Wildman–Crippen MR) is 132 cm³/mol. The second-order valence-corrected chi connectivity index (χ2v) is 10.6. The second-order valence-electron chi connectivity index (χ2n) is 8.10. The van der Waals surface area contributed by atoms with Gasteiger partial charge in [-0.15, -0.1) is 23.1 Å². The number of carbonyl (C=O) groups excluding carboxylic acids is 2. The number of aryl methyl sites for hydroxylation is 1. The average molecular weight is 532 g/mol. The number of pyridine rings is 1. The first-order valence-corrected chi connectivity index (χ1v) is 12.9. The van der Waals surface area contributed by atoms with Crippen LogP contribution in [0.1, 0.15) is 30.7 Å². The van der Waals surface area contributed by atoms with Crippen LogP contribution >= 0.6 is 23.1 Å². The van der Waals surface area contributed by atoms with Gasteiger partial charge in [0.15, 0.2) is 0 Å². The van der Waals surface area contributed by atoms with Crippen LogP contribution in [0, 0.1) is 6.92 Å². The molecule has 0 saturated carbocycles. The quantitative estimate of drug-likeness (QED) is 0.403. The lowest BCUT2D eigenvalue weighted by Gasteiger charge is -2.24. The van der Waals surface area contributed by atoms with Gasteiger partial charge in [-0.2, -0.15) is 13.2 Å². The van der Waals surface area contributed by atoms with E-state index in [2.05, 4.69) is 15.3 Å². The molecular weight excluding hydrogens is 511 g/mol. The highest BCUT2D eigenvalue weighted by molar-refractivity contribution is 8.00. The number of nitrogens with zero attached hydrogens (tertiary/aromatic N) is 4. The van der Waals surface area contributed by atoms with Gasteiger partial charge in [0, 0.05) is 30.6 Å². The van der Waals surface area contributed by atoms with Gasteiger partial charge < -0.3 is 10.2 Å². The number of hydrogen-bond donors (Lipinski definition) is 1. The number of imidazole rings is 1. The van der Waals surface area contributed by atoms with Gasteiger partial charge in [0.1, 0.15) is 16.2 Å². The van der Waals surface area contributed by atoms with Gasteiger partial charge in [0.05, 0.1) is 27.8 Å². The first-order valence-electron chi connectivity index (χ1n) is 11.0. The SMILES string of the molecule is Cc1nc(-c2cccc(C(F)(F)F)c2)c(C(=O)N2CCSC2CNC(=O)c2cnc3ccccn23)s1. The van der Waals surface area contributed by atoms with Crippen molar-refractivity contribution in [3.05, 3.63) is 76.0 Å². The fourth-order valence-corrected chi connectivity index (χ4v) is 6.09. The lowest BCUT2D eigenvalue weighted by molar-refractivity contribution is -0.137. The van der Waals surface area contributed by atoms with Crippen molar-refractivity contribution in [3.63, 3.8) is 0 Å². The summed E-state index contributed by atoms with van der Waals surface area (Å²) in [6.45, 7) is 2.38. The van der Waals surface area contributed by atoms with Gasteiger partial charge in [0.25, 0.3) is 11.8 Å². The van der Waals surface area contributed by atoms with Crippen molar-refractivity contribution in [3.8, 4) is 11.3 Å². The number of thioether (sulfide) groups is 1. The third-order valence-electron chi connectivity index (χ3n) is 5.73. The minimum atomic E-state index is -4.50. The molecule has 1 atom stereocenters. The summed E-state index contributed by atoms with van der Waals surface area (Å²) in [4.78, 5) is 36.8. The molecule has 0 bridgehead atoms. The summed E-state index contributed by atoms with van der Waals surface area (Å²) >= 11 is 2.69. The molecule has 1 aliphatic heterocycles. The van der Waals surface area contributed by atoms with E-state index < -0.39 is 11.7 Å². The molecule has 4 aromatic rings. The Kier molecular flexibility index (Phi) is 6.47. The van der Waals surface area contributed by atoms with Gasteiger partial charge in [-0.05, 0) is 31.2 Å². The number of carbonyl (C=O) groups is 2. The summed E-state index contributed by atoms with van der Waals surface area (Å²) in [6.07, 6.45) is -1.25. The minimum absolute atomic E-state index is 0.214. The molecule has 7 nitrogen and oxygen atoms in total. The fraction of sp³-hybridized carbons (Fsp3) is 0.250. The second kappa shape index (κ2) is 9.58. The maximum absolute atomic E-state index is 13.5. The van der Waals surface area contributed by atoms with Crippen molar-refractivity contribution in [1.29, 1.82) is 0 Å². The highest BCUT2D eigenvalue weighted by Crippen LogP contribution is 2.36. The van der Waals surface area contributed by atoms with Gasteiger partial charge in [-0.3, -0.25) is 14.0 Å². The molecule has 0 spiro atoms. The third-order valence-corrected chi connectivity index (χ3v) is 7.91. The van der Waals surface area contributed by atoms with E-state index >= 15 is 0 Å². The summed E-state index contributed by atoms with van der Waals surface area (Å²) in [7, 11) is 0. The number of rotatable bonds is 5. The Bertz CT molecular complexity index is 1450. The molecule has 5 rings (SSSR count). The maximum atomic E-state index is 13.5. The van der Waals surface area contributed by atoms with Crippen molar-refractivity contribution in [2.45, 2.75) is 18.5 Å². The molecule has 186 valence electrons. The van der Waals surface area contributed by atoms with E-state index in [1.165, 1.54) is 30.1 Å². The van der Waals surface area contributed by atoms with E-state index in [0.29, 0.717) is 28.6 Å². The van der Waals surface area contributed by atoms with E-state index in [9.17, 15) is 22.8 Å². The van der Waals surface area contributed by atoms with E-state index in [-0.39, 0.29) is 39.9 Å². The lowest BCUT2D eigenvalue weighted by Crippen LogP contribution is -2.42. The normalized spacial score (nSPS) is 16.0. The molecule has 1 N–H and O–H groups in total. The van der Waals surface area contributed by atoms with Crippen LogP contribution in [0.15, 0.2) is 54.9 Å². The van der Waals surface area contributed by atoms with Crippen LogP contribution in [0.4, 0.5) is 13.2 Å². The van der Waals surface area contributed by atoms with Crippen LogP contribution in [-0.2, 0) is 6.18 Å². The Balaban J connectivity index is 1.34. The Morgan fingerprint density at radius 2 is 2.03 bits per heavy atom. The molecule has 0 radical (unpaired) electrons. The predicted octanol–water partition coefficient (Wildman–Crippen LogP) is 4.73. The molecule has 36 heavy (non-hydrogen) atoms. The molecular formula is C24H20F3N5O2S2. The summed E-state index contributed by atoms with van der Waals surface area (Å²) in [5.41, 5.74) is 0.711. The zero-order chi connectivity index (χ0) is 25.4. The van der Waals surface area contributed by atoms with Crippen molar-refractivity contribution >= 4 is 40.6 Å². The minimum Gasteiger partial charge on any atom is -0.348 e. The molecule has 12 heteroatoms. The maximum Gasteiger partial charge on any atom is 0.416 e. The van der Waals surface area contributed by atoms with Gasteiger partial charge in [-0.1, -0.05) is 18.2 Å². The zero-order valence-electron chi connectivity index (χ0n) is 19.0. The van der Waals surface area contributed by atoms with E-state index in [0.717, 1.165) is 23.5 Å². The van der Waals surface area contributed by atoms with E-state index in [1.807, 2.05) is 6.07 Å². The Morgan fingerprint density at radius 3 is 2.83 bits per heavy atom. The molecule has 0 aliphatic carbocycles. The number of hydrogen-bond acceptors (Lipinski definition) is 6. The van der Waals surface area contributed by atoms with E-state index in [4.69, 9.17) is 0 Å². The molecule has 1 saturated heterocycles. The van der Waals surface area contributed by atoms with Crippen molar-refractivity contribution < 1.29 is 22.8 Å². The molecule has 1 aliphatic rings. The van der Waals surface area contributed by atoms with Crippen molar-refractivity contribution in [1.82, 2.24) is 24.6 Å². The number of amides is 2. The summed E-state index contributed by atoms with van der Waals surface area (Å²) in [5, 5.41) is 3.14. The fourth-order valence-electron chi connectivity index (χ4n) is 4.03. The molecule has 1 fully saturated rings. The first-order chi connectivity index (χ1) is 17.2. The largest absolute Gasteiger partial charge is 0.416 e. The van der Waals surface area contributed by atoms with Crippen LogP contribution in [0.3, 0.4) is 0 Å². The molecule has 3 aromatic heterocycles. The highest BCUT2D eigenvalue weighted by atomic mass is 32.2. The number of aromatic nitrogens is 3. The molecule has 4 heterocycles. The summed E-state index contributed by atoms with van der Waals surface area (Å²) in [5.74, 6) is 0.0532. The highest BCUT2D eigenvalue weighted by Gasteiger charge is 2.34. The van der Waals surface area contributed by atoms with Crippen LogP contribution in [0.25, 0.3) is 16.9 Å². The van der Waals surface area contributed by atoms with Crippen LogP contribution in [0.2, 0.25) is 0 Å². The average Bonchev–Trinajstić information content (AvgIpc) is 3.59. The zero-order valence-corrected chi connectivity index (χ0v) is 20.6. The van der Waals surface area contributed by atoms with Gasteiger partial charge in [0.2, 0.25) is 0 Å². The van der Waals surface area contributed by atoms with Crippen LogP contribution in [0.5, 0.6) is 0 Å². The monoisotopic (exact) mass is 531 g/mol. The number of alkyl halides is 3. The van der Waals surface area contributed by atoms with Crippen LogP contribution < -0.4 is 5.32 Å². The van der Waals surface area contributed by atoms with Crippen molar-refractivity contribution in [2.75, 3.05) is 18.8 Å². The Hall–Kier alpha value is -3.38. The van der Waals surface area contributed by atoms with Gasteiger partial charge in [-0.25, -0.2) is 9.97 Å². The molecule has 1 unspecified atom stereocenters.